The first-order valence-electron chi connectivity index (χ1n) is 9.28. The van der Waals surface area contributed by atoms with E-state index in [4.69, 9.17) is 14.2 Å². The first-order chi connectivity index (χ1) is 15.6. The number of methoxy groups -OCH3 is 2. The van der Waals surface area contributed by atoms with Crippen molar-refractivity contribution in [3.05, 3.63) is 57.9 Å². The number of nitrogens with one attached hydrogen (secondary N) is 1. The number of hydrogen-bond acceptors (Lipinski definition) is 8. The highest BCUT2D eigenvalue weighted by atomic mass is 79.9. The summed E-state index contributed by atoms with van der Waals surface area (Å²) in [6, 6.07) is 5.93. The van der Waals surface area contributed by atoms with E-state index in [-0.39, 0.29) is 45.1 Å². The molecule has 0 radical (unpaired) electrons. The van der Waals surface area contributed by atoms with Gasteiger partial charge in [-0.2, -0.15) is 0 Å². The highest BCUT2D eigenvalue weighted by molar-refractivity contribution is 9.10. The Kier molecular flexibility index (Phi) is 5.89. The molecular weight excluding hydrogens is 523 g/mol. The second-order valence-electron chi connectivity index (χ2n) is 6.90. The number of aromatic nitrogens is 1. The van der Waals surface area contributed by atoms with Gasteiger partial charge in [0.25, 0.3) is 10.0 Å². The Balaban J connectivity index is 2.03. The number of benzene rings is 2. The van der Waals surface area contributed by atoms with Crippen molar-refractivity contribution in [2.75, 3.05) is 18.9 Å². The van der Waals surface area contributed by atoms with Crippen LogP contribution in [0.3, 0.4) is 0 Å². The topological polar surface area (TPSA) is 124 Å². The molecule has 0 fully saturated rings. The van der Waals surface area contributed by atoms with Crippen LogP contribution in [0.15, 0.2) is 45.9 Å². The van der Waals surface area contributed by atoms with Gasteiger partial charge in [-0.1, -0.05) is 0 Å². The van der Waals surface area contributed by atoms with Gasteiger partial charge in [-0.05, 0) is 34.1 Å². The number of hydrogen-bond donors (Lipinski definition) is 2. The average molecular weight is 539 g/mol. The Hall–Kier alpha value is -3.38. The van der Waals surface area contributed by atoms with Crippen LogP contribution in [0.4, 0.5) is 10.1 Å². The third kappa shape index (κ3) is 4.18. The quantitative estimate of drug-likeness (QED) is 0.471. The summed E-state index contributed by atoms with van der Waals surface area (Å²) in [7, 11) is -1.79. The molecule has 3 aromatic rings. The standard InChI is InChI=1S/C21H16BrFN2O7S/c1-30-17-7-15(23)12-6-16(17)25-33(28,29)18-4-10(3-14(22)20(18)26)21(27)32-9-11-5-19(31-2)24-8-13(11)12/h3-8,25-26H,9H2,1-2H3. The first-order valence-corrected chi connectivity index (χ1v) is 11.6. The van der Waals surface area contributed by atoms with Crippen LogP contribution >= 0.6 is 15.9 Å². The number of rotatable bonds is 2. The van der Waals surface area contributed by atoms with Crippen molar-refractivity contribution in [3.8, 4) is 28.5 Å². The van der Waals surface area contributed by atoms with Gasteiger partial charge in [-0.15, -0.1) is 0 Å². The number of pyridine rings is 1. The molecule has 33 heavy (non-hydrogen) atoms. The molecule has 0 saturated heterocycles. The fourth-order valence-corrected chi connectivity index (χ4v) is 5.08. The van der Waals surface area contributed by atoms with Crippen molar-refractivity contribution < 1.29 is 36.9 Å². The zero-order valence-electron chi connectivity index (χ0n) is 17.2. The Labute approximate surface area is 196 Å². The molecule has 1 aliphatic heterocycles. The van der Waals surface area contributed by atoms with Gasteiger partial charge in [-0.3, -0.25) is 4.72 Å². The number of aromatic hydroxyl groups is 1. The van der Waals surface area contributed by atoms with Gasteiger partial charge in [0.15, 0.2) is 0 Å². The van der Waals surface area contributed by atoms with Crippen LogP contribution in [-0.2, 0) is 21.4 Å². The summed E-state index contributed by atoms with van der Waals surface area (Å²) in [6.07, 6.45) is 1.33. The van der Waals surface area contributed by atoms with Crippen LogP contribution in [-0.4, -0.2) is 38.7 Å². The Bertz CT molecular complexity index is 1400. The number of carbonyl (C=O) groups excluding carboxylic acids is 1. The van der Waals surface area contributed by atoms with Crippen molar-refractivity contribution >= 4 is 37.6 Å². The molecule has 9 nitrogen and oxygen atoms in total. The molecule has 0 atom stereocenters. The lowest BCUT2D eigenvalue weighted by atomic mass is 10.0. The van der Waals surface area contributed by atoms with Crippen LogP contribution in [0.1, 0.15) is 15.9 Å². The molecule has 0 saturated carbocycles. The van der Waals surface area contributed by atoms with E-state index in [9.17, 15) is 18.3 Å². The minimum Gasteiger partial charge on any atom is -0.505 e. The van der Waals surface area contributed by atoms with Crippen molar-refractivity contribution in [3.63, 3.8) is 0 Å². The summed E-state index contributed by atoms with van der Waals surface area (Å²) in [6.45, 7) is -0.290. The number of halogens is 2. The molecule has 0 spiro atoms. The van der Waals surface area contributed by atoms with Crippen LogP contribution in [0.2, 0.25) is 0 Å². The third-order valence-corrected chi connectivity index (χ3v) is 6.89. The number of fused-ring (bicyclic) bond motifs is 6. The number of carbonyl (C=O) groups is 1. The molecule has 1 aliphatic rings. The van der Waals surface area contributed by atoms with E-state index in [0.717, 1.165) is 12.1 Å². The zero-order chi connectivity index (χ0) is 23.9. The smallest absolute Gasteiger partial charge is 0.338 e. The number of cyclic esters (lactones) is 1. The summed E-state index contributed by atoms with van der Waals surface area (Å²) in [5.74, 6) is -2.10. The summed E-state index contributed by atoms with van der Waals surface area (Å²) in [5.41, 5.74) is 0.366. The van der Waals surface area contributed by atoms with E-state index in [0.29, 0.717) is 5.56 Å². The maximum Gasteiger partial charge on any atom is 0.338 e. The van der Waals surface area contributed by atoms with Gasteiger partial charge >= 0.3 is 5.97 Å². The molecule has 4 bridgehead atoms. The maximum atomic E-state index is 15.0. The number of phenols is 1. The Morgan fingerprint density at radius 3 is 2.61 bits per heavy atom. The fraction of sp³-hybridized carbons (Fsp3) is 0.143. The largest absolute Gasteiger partial charge is 0.505 e. The number of ether oxygens (including phenoxy) is 3. The molecule has 2 aromatic carbocycles. The van der Waals surface area contributed by atoms with E-state index >= 15 is 4.39 Å². The molecule has 0 unspecified atom stereocenters. The average Bonchev–Trinajstić information content (AvgIpc) is 2.79. The predicted octanol–water partition coefficient (Wildman–Crippen LogP) is 3.84. The van der Waals surface area contributed by atoms with Crippen molar-refractivity contribution in [2.24, 2.45) is 0 Å². The maximum absolute atomic E-state index is 15.0. The van der Waals surface area contributed by atoms with Crippen LogP contribution < -0.4 is 14.2 Å². The predicted molar refractivity (Wildman–Crippen MR) is 118 cm³/mol. The van der Waals surface area contributed by atoms with E-state index in [1.807, 2.05) is 0 Å². The normalized spacial score (nSPS) is 14.5. The summed E-state index contributed by atoms with van der Waals surface area (Å²) >= 11 is 3.05. The van der Waals surface area contributed by atoms with Gasteiger partial charge in [0, 0.05) is 35.0 Å². The molecule has 2 N–H and O–H groups in total. The number of phenolic OH excluding ortho intramolecular Hbond substituents is 1. The Morgan fingerprint density at radius 1 is 1.15 bits per heavy atom. The van der Waals surface area contributed by atoms with Gasteiger partial charge in [-0.25, -0.2) is 22.6 Å². The lowest BCUT2D eigenvalue weighted by molar-refractivity contribution is 0.0472. The van der Waals surface area contributed by atoms with Crippen molar-refractivity contribution in [2.45, 2.75) is 11.5 Å². The second-order valence-corrected chi connectivity index (χ2v) is 9.41. The number of sulfonamides is 1. The molecule has 0 amide bonds. The summed E-state index contributed by atoms with van der Waals surface area (Å²) in [4.78, 5) is 16.2. The summed E-state index contributed by atoms with van der Waals surface area (Å²) in [5, 5.41) is 10.4. The summed E-state index contributed by atoms with van der Waals surface area (Å²) < 4.78 is 59.1. The lowest BCUT2D eigenvalue weighted by Gasteiger charge is -2.16. The minimum absolute atomic E-state index is 0.0222. The zero-order valence-corrected chi connectivity index (χ0v) is 19.6. The van der Waals surface area contributed by atoms with Crippen LogP contribution in [0, 0.1) is 5.82 Å². The number of anilines is 1. The number of esters is 1. The highest BCUT2D eigenvalue weighted by Crippen LogP contribution is 2.39. The first kappa shape index (κ1) is 22.8. The highest BCUT2D eigenvalue weighted by Gasteiger charge is 2.27. The monoisotopic (exact) mass is 538 g/mol. The van der Waals surface area contributed by atoms with E-state index in [1.165, 1.54) is 38.6 Å². The fourth-order valence-electron chi connectivity index (χ4n) is 3.28. The van der Waals surface area contributed by atoms with Crippen LogP contribution in [0.25, 0.3) is 11.1 Å². The van der Waals surface area contributed by atoms with Gasteiger partial charge in [0.1, 0.15) is 28.8 Å². The molecular formula is C21H16BrFN2O7S. The third-order valence-electron chi connectivity index (χ3n) is 4.91. The lowest BCUT2D eigenvalue weighted by Crippen LogP contribution is -2.15. The van der Waals surface area contributed by atoms with E-state index < -0.39 is 32.5 Å². The van der Waals surface area contributed by atoms with E-state index in [2.05, 4.69) is 25.6 Å². The SMILES string of the molecule is COc1cc2c(cn1)-c1cc(c(OC)cc1F)NS(=O)(=O)c1cc(cc(Br)c1O)C(=O)OC2. The molecule has 2 heterocycles. The minimum atomic E-state index is -4.44. The molecule has 12 heteroatoms. The van der Waals surface area contributed by atoms with Gasteiger partial charge < -0.3 is 19.3 Å². The van der Waals surface area contributed by atoms with E-state index in [1.54, 1.807) is 0 Å². The van der Waals surface area contributed by atoms with Crippen molar-refractivity contribution in [1.82, 2.24) is 4.98 Å². The van der Waals surface area contributed by atoms with Gasteiger partial charge in [0.05, 0.1) is 29.9 Å². The molecule has 0 aliphatic carbocycles. The molecule has 1 aromatic heterocycles. The molecule has 172 valence electrons. The number of nitrogens with zero attached hydrogens (tertiary/aromatic N) is 1. The van der Waals surface area contributed by atoms with Gasteiger partial charge in [0.2, 0.25) is 5.88 Å². The van der Waals surface area contributed by atoms with Crippen LogP contribution in [0.5, 0.6) is 17.4 Å². The second kappa shape index (κ2) is 8.52. The Morgan fingerprint density at radius 2 is 1.91 bits per heavy atom. The molecule has 4 rings (SSSR count). The van der Waals surface area contributed by atoms with Crippen molar-refractivity contribution in [1.29, 1.82) is 0 Å².